The number of aliphatic hydroxyl groups is 1. The first-order valence-corrected chi connectivity index (χ1v) is 8.34. The van der Waals surface area contributed by atoms with Gasteiger partial charge in [0.2, 0.25) is 5.91 Å². The van der Waals surface area contributed by atoms with Crippen molar-refractivity contribution in [3.8, 4) is 5.75 Å². The van der Waals surface area contributed by atoms with E-state index in [2.05, 4.69) is 6.07 Å². The Labute approximate surface area is 142 Å². The second-order valence-electron chi connectivity index (χ2n) is 6.05. The normalized spacial score (nSPS) is 16.6. The Morgan fingerprint density at radius 1 is 1.21 bits per heavy atom. The van der Waals surface area contributed by atoms with Crippen LogP contribution in [0.5, 0.6) is 5.75 Å². The first-order valence-electron chi connectivity index (χ1n) is 8.34. The molecular formula is C20H23NO3. The van der Waals surface area contributed by atoms with E-state index in [1.54, 1.807) is 7.11 Å². The van der Waals surface area contributed by atoms with Crippen molar-refractivity contribution in [2.24, 2.45) is 0 Å². The average Bonchev–Trinajstić information content (AvgIpc) is 2.65. The van der Waals surface area contributed by atoms with E-state index < -0.39 is 0 Å². The molecule has 3 rings (SSSR count). The SMILES string of the molecule is COc1ccccc1CCC(=O)N1CCc2ccccc2[C@@H]1CO. The average molecular weight is 325 g/mol. The summed E-state index contributed by atoms with van der Waals surface area (Å²) in [5, 5.41) is 9.81. The molecule has 4 heteroatoms. The third-order valence-corrected chi connectivity index (χ3v) is 4.71. The Hall–Kier alpha value is -2.33. The molecule has 2 aromatic carbocycles. The number of aliphatic hydroxyl groups excluding tert-OH is 1. The van der Waals surface area contributed by atoms with Crippen LogP contribution in [0.1, 0.15) is 29.2 Å². The number of methoxy groups -OCH3 is 1. The molecule has 0 radical (unpaired) electrons. The Bertz CT molecular complexity index is 714. The summed E-state index contributed by atoms with van der Waals surface area (Å²) < 4.78 is 5.35. The summed E-state index contributed by atoms with van der Waals surface area (Å²) in [5.41, 5.74) is 3.33. The van der Waals surface area contributed by atoms with Crippen molar-refractivity contribution in [1.82, 2.24) is 4.90 Å². The maximum absolute atomic E-state index is 12.7. The van der Waals surface area contributed by atoms with Crippen LogP contribution < -0.4 is 4.74 Å². The third-order valence-electron chi connectivity index (χ3n) is 4.71. The highest BCUT2D eigenvalue weighted by atomic mass is 16.5. The fourth-order valence-electron chi connectivity index (χ4n) is 3.44. The van der Waals surface area contributed by atoms with Gasteiger partial charge in [-0.25, -0.2) is 0 Å². The minimum atomic E-state index is -0.236. The smallest absolute Gasteiger partial charge is 0.223 e. The van der Waals surface area contributed by atoms with Crippen molar-refractivity contribution in [2.45, 2.75) is 25.3 Å². The molecule has 0 aromatic heterocycles. The molecule has 2 aromatic rings. The molecule has 1 atom stereocenters. The van der Waals surface area contributed by atoms with Gasteiger partial charge in [-0.3, -0.25) is 4.79 Å². The van der Waals surface area contributed by atoms with Gasteiger partial charge >= 0.3 is 0 Å². The number of fused-ring (bicyclic) bond motifs is 1. The van der Waals surface area contributed by atoms with Gasteiger partial charge < -0.3 is 14.7 Å². The van der Waals surface area contributed by atoms with Gasteiger partial charge in [-0.15, -0.1) is 0 Å². The van der Waals surface area contributed by atoms with Crippen LogP contribution in [0.15, 0.2) is 48.5 Å². The maximum atomic E-state index is 12.7. The molecule has 1 amide bonds. The van der Waals surface area contributed by atoms with Gasteiger partial charge in [-0.1, -0.05) is 42.5 Å². The van der Waals surface area contributed by atoms with Crippen LogP contribution >= 0.6 is 0 Å². The number of rotatable bonds is 5. The molecule has 0 spiro atoms. The number of amides is 1. The van der Waals surface area contributed by atoms with Gasteiger partial charge in [-0.05, 0) is 35.6 Å². The fourth-order valence-corrected chi connectivity index (χ4v) is 3.44. The highest BCUT2D eigenvalue weighted by Gasteiger charge is 2.29. The quantitative estimate of drug-likeness (QED) is 0.919. The van der Waals surface area contributed by atoms with E-state index in [9.17, 15) is 9.90 Å². The lowest BCUT2D eigenvalue weighted by molar-refractivity contribution is -0.135. The van der Waals surface area contributed by atoms with E-state index in [-0.39, 0.29) is 18.6 Å². The summed E-state index contributed by atoms with van der Waals surface area (Å²) in [6, 6.07) is 15.6. The number of para-hydroxylation sites is 1. The summed E-state index contributed by atoms with van der Waals surface area (Å²) >= 11 is 0. The van der Waals surface area contributed by atoms with Crippen molar-refractivity contribution in [1.29, 1.82) is 0 Å². The molecule has 0 aliphatic carbocycles. The number of aryl methyl sites for hydroxylation is 1. The minimum absolute atomic E-state index is 0.0442. The molecule has 24 heavy (non-hydrogen) atoms. The van der Waals surface area contributed by atoms with Crippen molar-refractivity contribution >= 4 is 5.91 Å². The van der Waals surface area contributed by atoms with Crippen LogP contribution in [0, 0.1) is 0 Å². The molecule has 0 saturated heterocycles. The van der Waals surface area contributed by atoms with Crippen molar-refractivity contribution < 1.29 is 14.6 Å². The van der Waals surface area contributed by atoms with Crippen LogP contribution in [0.25, 0.3) is 0 Å². The monoisotopic (exact) mass is 325 g/mol. The molecule has 4 nitrogen and oxygen atoms in total. The van der Waals surface area contributed by atoms with E-state index >= 15 is 0 Å². The molecule has 0 fully saturated rings. The van der Waals surface area contributed by atoms with E-state index in [4.69, 9.17) is 4.74 Å². The second-order valence-corrected chi connectivity index (χ2v) is 6.05. The summed E-state index contributed by atoms with van der Waals surface area (Å²) in [4.78, 5) is 14.5. The molecule has 1 heterocycles. The van der Waals surface area contributed by atoms with E-state index in [1.165, 1.54) is 5.56 Å². The Kier molecular flexibility index (Phi) is 5.16. The predicted molar refractivity (Wildman–Crippen MR) is 93.0 cm³/mol. The number of nitrogens with zero attached hydrogens (tertiary/aromatic N) is 1. The lowest BCUT2D eigenvalue weighted by Gasteiger charge is -2.36. The van der Waals surface area contributed by atoms with Gasteiger partial charge in [-0.2, -0.15) is 0 Å². The van der Waals surface area contributed by atoms with E-state index in [0.29, 0.717) is 19.4 Å². The Morgan fingerprint density at radius 3 is 2.75 bits per heavy atom. The van der Waals surface area contributed by atoms with Crippen LogP contribution in [0.4, 0.5) is 0 Å². The van der Waals surface area contributed by atoms with Gasteiger partial charge in [0.15, 0.2) is 0 Å². The topological polar surface area (TPSA) is 49.8 Å². The van der Waals surface area contributed by atoms with Crippen molar-refractivity contribution in [2.75, 3.05) is 20.3 Å². The van der Waals surface area contributed by atoms with Crippen LogP contribution in [-0.2, 0) is 17.6 Å². The van der Waals surface area contributed by atoms with Crippen LogP contribution in [-0.4, -0.2) is 36.2 Å². The molecule has 0 saturated carbocycles. The zero-order valence-corrected chi connectivity index (χ0v) is 13.9. The highest BCUT2D eigenvalue weighted by Crippen LogP contribution is 2.30. The Morgan fingerprint density at radius 2 is 1.96 bits per heavy atom. The molecule has 0 bridgehead atoms. The molecule has 126 valence electrons. The highest BCUT2D eigenvalue weighted by molar-refractivity contribution is 5.77. The number of hydrogen-bond donors (Lipinski definition) is 1. The van der Waals surface area contributed by atoms with Crippen LogP contribution in [0.2, 0.25) is 0 Å². The molecule has 0 unspecified atom stereocenters. The third kappa shape index (κ3) is 3.29. The lowest BCUT2D eigenvalue weighted by atomic mass is 9.92. The number of hydrogen-bond acceptors (Lipinski definition) is 3. The zero-order chi connectivity index (χ0) is 16.9. The number of carbonyl (C=O) groups is 1. The van der Waals surface area contributed by atoms with Crippen molar-refractivity contribution in [3.05, 3.63) is 65.2 Å². The first kappa shape index (κ1) is 16.5. The fraction of sp³-hybridized carbons (Fsp3) is 0.350. The summed E-state index contributed by atoms with van der Waals surface area (Å²) in [5.74, 6) is 0.891. The largest absolute Gasteiger partial charge is 0.496 e. The molecule has 1 aliphatic rings. The molecular weight excluding hydrogens is 302 g/mol. The zero-order valence-electron chi connectivity index (χ0n) is 13.9. The first-order chi connectivity index (χ1) is 11.7. The van der Waals surface area contributed by atoms with E-state index in [1.807, 2.05) is 47.4 Å². The van der Waals surface area contributed by atoms with Crippen molar-refractivity contribution in [3.63, 3.8) is 0 Å². The minimum Gasteiger partial charge on any atom is -0.496 e. The second kappa shape index (κ2) is 7.49. The maximum Gasteiger partial charge on any atom is 0.223 e. The number of ether oxygens (including phenoxy) is 1. The van der Waals surface area contributed by atoms with Gasteiger partial charge in [0.25, 0.3) is 0 Å². The standard InChI is InChI=1S/C20H23NO3/c1-24-19-9-5-3-7-16(19)10-11-20(23)21-13-12-15-6-2-4-8-17(15)18(21)14-22/h2-9,18,22H,10-14H2,1H3/t18-/m0/s1. The van der Waals surface area contributed by atoms with Gasteiger partial charge in [0.1, 0.15) is 5.75 Å². The lowest BCUT2D eigenvalue weighted by Crippen LogP contribution is -2.41. The summed E-state index contributed by atoms with van der Waals surface area (Å²) in [7, 11) is 1.64. The van der Waals surface area contributed by atoms with Gasteiger partial charge in [0, 0.05) is 13.0 Å². The predicted octanol–water partition coefficient (Wildman–Crippen LogP) is 2.75. The van der Waals surface area contributed by atoms with Gasteiger partial charge in [0.05, 0.1) is 19.8 Å². The summed E-state index contributed by atoms with van der Waals surface area (Å²) in [6.07, 6.45) is 1.89. The number of benzene rings is 2. The van der Waals surface area contributed by atoms with Crippen LogP contribution in [0.3, 0.4) is 0 Å². The van der Waals surface area contributed by atoms with E-state index in [0.717, 1.165) is 23.3 Å². The summed E-state index contributed by atoms with van der Waals surface area (Å²) in [6.45, 7) is 0.615. The Balaban J connectivity index is 1.71. The number of carbonyl (C=O) groups excluding carboxylic acids is 1. The molecule has 1 aliphatic heterocycles. The molecule has 1 N–H and O–H groups in total.